The maximum Gasteiger partial charge on any atom is 1.00 e. The van der Waals surface area contributed by atoms with Gasteiger partial charge in [-0.2, -0.15) is 0 Å². The number of carbonyl (C=O) groups excluding carboxylic acids is 2. The summed E-state index contributed by atoms with van der Waals surface area (Å²) in [6.07, 6.45) is 20.1. The van der Waals surface area contributed by atoms with Crippen molar-refractivity contribution < 1.29 is 64.0 Å². The summed E-state index contributed by atoms with van der Waals surface area (Å²) in [6.45, 7) is 22.8. The van der Waals surface area contributed by atoms with Gasteiger partial charge in [-0.1, -0.05) is 209 Å². The summed E-state index contributed by atoms with van der Waals surface area (Å²) in [5.74, 6) is 0.709. The molecule has 0 aliphatic heterocycles. The molecule has 0 amide bonds. The number of carbonyl (C=O) groups is 3. The van der Waals surface area contributed by atoms with E-state index >= 15 is 0 Å². The second-order valence-corrected chi connectivity index (χ2v) is 33.1. The quantitative estimate of drug-likeness (QED) is 0.0238. The van der Waals surface area contributed by atoms with Gasteiger partial charge in [0.15, 0.2) is 14.7 Å². The first-order chi connectivity index (χ1) is 49.1. The van der Waals surface area contributed by atoms with E-state index in [2.05, 4.69) is 152 Å². The summed E-state index contributed by atoms with van der Waals surface area (Å²) in [7, 11) is 2.88. The van der Waals surface area contributed by atoms with Crippen molar-refractivity contribution in [2.24, 2.45) is 17.8 Å². The Morgan fingerprint density at radius 3 is 1.14 bits per heavy atom. The molecule has 9 aromatic rings. The Bertz CT molecular complexity index is 4030. The molecule has 556 valence electrons. The summed E-state index contributed by atoms with van der Waals surface area (Å²) < 4.78 is 13.8. The first-order valence-corrected chi connectivity index (χ1v) is 40.0. The molecular formula is C83H111ClN9NaO7S3. The average Bonchev–Trinajstić information content (AvgIpc) is 1.32. The van der Waals surface area contributed by atoms with Crippen LogP contribution in [0, 0.1) is 17.8 Å². The van der Waals surface area contributed by atoms with Crippen LogP contribution in [-0.2, 0) is 23.9 Å². The zero-order valence-corrected chi connectivity index (χ0v) is 68.7. The third kappa shape index (κ3) is 24.8. The average molecular weight is 1500 g/mol. The molecule has 3 fully saturated rings. The molecule has 3 aliphatic carbocycles. The zero-order valence-electron chi connectivity index (χ0n) is 63.5. The van der Waals surface area contributed by atoms with Crippen molar-refractivity contribution >= 4 is 139 Å². The summed E-state index contributed by atoms with van der Waals surface area (Å²) in [4.78, 5) is 56.2. The fourth-order valence-corrected chi connectivity index (χ4v) is 17.2. The standard InChI is InChI=1S/C28H37N3O2S.C27H35N3O2S.C21H34N2O2.C7H4ClNS.Na.H2O/c1-19(2)18-31(22-10-6-5-7-11-22)25-15-14-21(20(3)16-27(32)33-4)17-24(25)30-28-29-23-12-8-9-13-26(23)34-28;1-18(2)17-30(21-9-5-4-6-10-21)24-14-13-20(19(3)15-26(31)32)16-23(24)29-27-28-22-11-7-8-12-25(22)33-27;1-15(2)14-23(18-8-6-5-7-9-18)20-11-10-17(13-19(20)22)16(3)12-21(24)25-4;8-7-9-5-3-1-2-4-6(5)10-7;;/h8-9,12-15,17,19-20,22H,5-7,10-11,16,18H2,1-4H3,(H,29,30);7-8,11-14,16,18-19,21H,4-6,9-10,15,17H2,1-3H3,(H,28,29)(H,31,32);10-11,13,15-16,18H,5-9,12,14,22H2,1-4H3;1-4H;;1H2/q;;;;+1;/p-1. The molecule has 12 rings (SSSR count). The van der Waals surface area contributed by atoms with Crippen molar-refractivity contribution in [1.29, 1.82) is 0 Å². The van der Waals surface area contributed by atoms with Crippen LogP contribution < -0.4 is 60.6 Å². The first kappa shape index (κ1) is 84.7. The molecule has 6 aromatic carbocycles. The van der Waals surface area contributed by atoms with E-state index < -0.39 is 5.97 Å². The number of aliphatic carboxylic acids is 1. The Balaban J connectivity index is 0.000000204. The van der Waals surface area contributed by atoms with Crippen molar-refractivity contribution in [3.05, 3.63) is 149 Å². The van der Waals surface area contributed by atoms with E-state index in [0.717, 1.165) is 95.3 Å². The summed E-state index contributed by atoms with van der Waals surface area (Å²) in [6, 6.07) is 45.4. The Labute approximate surface area is 657 Å². The van der Waals surface area contributed by atoms with Crippen LogP contribution in [0.4, 0.5) is 44.4 Å². The van der Waals surface area contributed by atoms with Gasteiger partial charge in [0.05, 0.1) is 98.3 Å². The van der Waals surface area contributed by atoms with Gasteiger partial charge in [0.2, 0.25) is 0 Å². The van der Waals surface area contributed by atoms with Crippen LogP contribution in [-0.4, -0.2) is 95.4 Å². The van der Waals surface area contributed by atoms with Crippen LogP contribution in [0.25, 0.3) is 30.6 Å². The Morgan fingerprint density at radius 2 is 0.808 bits per heavy atom. The molecule has 3 aliphatic rings. The number of nitrogens with one attached hydrogen (secondary N) is 2. The molecule has 0 bridgehead atoms. The number of para-hydroxylation sites is 3. The topological polar surface area (TPSA) is 218 Å². The third-order valence-electron chi connectivity index (χ3n) is 19.7. The smallest absolute Gasteiger partial charge is 0.870 e. The number of fused-ring (bicyclic) bond motifs is 3. The van der Waals surface area contributed by atoms with Gasteiger partial charge in [0, 0.05) is 37.8 Å². The molecule has 0 saturated heterocycles. The minimum absolute atomic E-state index is 0. The molecule has 6 N–H and O–H groups in total. The van der Waals surface area contributed by atoms with Gasteiger partial charge in [0.1, 0.15) is 0 Å². The summed E-state index contributed by atoms with van der Waals surface area (Å²) >= 11 is 10.5. The van der Waals surface area contributed by atoms with Crippen molar-refractivity contribution in [2.45, 2.75) is 214 Å². The molecule has 3 saturated carbocycles. The Hall–Kier alpha value is -6.55. The summed E-state index contributed by atoms with van der Waals surface area (Å²) in [5.41, 5.74) is 19.2. The van der Waals surface area contributed by atoms with E-state index in [-0.39, 0.29) is 71.1 Å². The summed E-state index contributed by atoms with van der Waals surface area (Å²) in [5, 5.41) is 18.4. The SMILES string of the molecule is CC(C)CN(c1ccc(C(C)CC(=O)O)cc1Nc1nc2ccccc2s1)C1CCCCC1.COC(=O)CC(C)c1ccc(N(CC(C)C)C2CCCCC2)c(N)c1.COC(=O)CC(C)c1ccc(N(CC(C)C)C2CCCCC2)c(Nc2nc3ccccc3s2)c1.Clc1nc2ccccc2s1.[Na+].[OH-]. The first-order valence-electron chi connectivity index (χ1n) is 37.2. The fraction of sp³-hybridized carbons (Fsp3) is 0.494. The largest absolute Gasteiger partial charge is 1.00 e. The molecule has 0 radical (unpaired) electrons. The van der Waals surface area contributed by atoms with Crippen LogP contribution in [0.1, 0.15) is 212 Å². The number of hydrogen-bond acceptors (Lipinski definition) is 18. The zero-order chi connectivity index (χ0) is 72.8. The number of halogens is 1. The number of thiazole rings is 3. The van der Waals surface area contributed by atoms with Crippen LogP contribution in [0.5, 0.6) is 0 Å². The van der Waals surface area contributed by atoms with Gasteiger partial charge in [0.25, 0.3) is 0 Å². The van der Waals surface area contributed by atoms with Crippen molar-refractivity contribution in [3.8, 4) is 0 Å². The number of methoxy groups -OCH3 is 2. The minimum atomic E-state index is -0.768. The number of anilines is 8. The van der Waals surface area contributed by atoms with Crippen LogP contribution >= 0.6 is 45.6 Å². The molecule has 104 heavy (non-hydrogen) atoms. The molecule has 3 aromatic heterocycles. The van der Waals surface area contributed by atoms with Gasteiger partial charge < -0.3 is 51.1 Å². The van der Waals surface area contributed by atoms with Gasteiger partial charge in [-0.3, -0.25) is 14.4 Å². The number of hydrogen-bond donors (Lipinski definition) is 4. The van der Waals surface area contributed by atoms with E-state index in [4.69, 9.17) is 36.8 Å². The van der Waals surface area contributed by atoms with E-state index in [1.807, 2.05) is 68.4 Å². The van der Waals surface area contributed by atoms with E-state index in [1.165, 1.54) is 138 Å². The third-order valence-corrected chi connectivity index (χ3v) is 22.7. The normalized spacial score (nSPS) is 15.0. The van der Waals surface area contributed by atoms with Crippen molar-refractivity contribution in [2.75, 3.05) is 64.9 Å². The van der Waals surface area contributed by atoms with Crippen molar-refractivity contribution in [3.63, 3.8) is 0 Å². The maximum absolute atomic E-state index is 11.9. The molecule has 21 heteroatoms. The molecule has 3 atom stereocenters. The van der Waals surface area contributed by atoms with Crippen LogP contribution in [0.2, 0.25) is 4.47 Å². The monoisotopic (exact) mass is 1500 g/mol. The van der Waals surface area contributed by atoms with Crippen LogP contribution in [0.3, 0.4) is 0 Å². The van der Waals surface area contributed by atoms with Gasteiger partial charge in [-0.25, -0.2) is 15.0 Å². The molecule has 3 unspecified atom stereocenters. The number of esters is 2. The van der Waals surface area contributed by atoms with E-state index in [9.17, 15) is 19.5 Å². The fourth-order valence-electron chi connectivity index (χ4n) is 14.5. The number of ether oxygens (including phenoxy) is 2. The number of carboxylic acid groups (broad SMARTS) is 1. The Kier molecular flexibility index (Phi) is 34.3. The number of aromatic nitrogens is 3. The predicted molar refractivity (Wildman–Crippen MR) is 434 cm³/mol. The van der Waals surface area contributed by atoms with Gasteiger partial charge >= 0.3 is 47.5 Å². The number of nitrogens with two attached hydrogens (primary N) is 1. The molecule has 3 heterocycles. The number of benzene rings is 6. The predicted octanol–water partition coefficient (Wildman–Crippen LogP) is 19.4. The second kappa shape index (κ2) is 42.1. The number of nitrogens with zero attached hydrogens (tertiary/aromatic N) is 6. The molecule has 16 nitrogen and oxygen atoms in total. The van der Waals surface area contributed by atoms with Gasteiger partial charge in [-0.15, -0.1) is 11.3 Å². The van der Waals surface area contributed by atoms with E-state index in [0.29, 0.717) is 53.2 Å². The van der Waals surface area contributed by atoms with E-state index in [1.54, 1.807) is 22.7 Å². The molecular weight excluding hydrogens is 1390 g/mol. The number of nitrogen functional groups attached to an aromatic ring is 1. The minimum Gasteiger partial charge on any atom is -0.870 e. The van der Waals surface area contributed by atoms with Crippen LogP contribution in [0.15, 0.2) is 127 Å². The number of rotatable bonds is 25. The maximum atomic E-state index is 11.9. The van der Waals surface area contributed by atoms with Gasteiger partial charge in [-0.05, 0) is 164 Å². The Morgan fingerprint density at radius 1 is 0.481 bits per heavy atom. The van der Waals surface area contributed by atoms with Crippen molar-refractivity contribution in [1.82, 2.24) is 15.0 Å². The molecule has 0 spiro atoms. The second-order valence-electron chi connectivity index (χ2n) is 29.4. The number of carboxylic acids is 1.